The second-order valence-electron chi connectivity index (χ2n) is 4.07. The van der Waals surface area contributed by atoms with Crippen LogP contribution >= 0.6 is 0 Å². The lowest BCUT2D eigenvalue weighted by Crippen LogP contribution is -2.37. The Labute approximate surface area is 91.0 Å². The molecule has 0 saturated carbocycles. The van der Waals surface area contributed by atoms with Crippen LogP contribution in [0, 0.1) is 0 Å². The highest BCUT2D eigenvalue weighted by Crippen LogP contribution is 2.09. The lowest BCUT2D eigenvalue weighted by molar-refractivity contribution is -0.132. The van der Waals surface area contributed by atoms with Crippen LogP contribution in [0.2, 0.25) is 0 Å². The molecule has 0 saturated heterocycles. The Morgan fingerprint density at radius 2 is 2.13 bits per heavy atom. The first-order chi connectivity index (χ1) is 6.89. The number of nitrogens with one attached hydrogen (secondary N) is 1. The van der Waals surface area contributed by atoms with E-state index in [4.69, 9.17) is 5.11 Å². The average molecular weight is 215 g/mol. The highest BCUT2D eigenvalue weighted by atomic mass is 16.4. The summed E-state index contributed by atoms with van der Waals surface area (Å²) in [4.78, 5) is 10.4. The smallest absolute Gasteiger partial charge is 0.330 e. The van der Waals surface area contributed by atoms with Gasteiger partial charge < -0.3 is 15.5 Å². The zero-order valence-corrected chi connectivity index (χ0v) is 9.71. The molecule has 3 N–H and O–H groups in total. The quantitative estimate of drug-likeness (QED) is 0.440. The van der Waals surface area contributed by atoms with Crippen molar-refractivity contribution >= 4 is 5.97 Å². The van der Waals surface area contributed by atoms with E-state index >= 15 is 0 Å². The molecule has 0 amide bonds. The Morgan fingerprint density at radius 1 is 1.53 bits per heavy atom. The third-order valence-electron chi connectivity index (χ3n) is 2.18. The van der Waals surface area contributed by atoms with Crippen molar-refractivity contribution in [2.45, 2.75) is 39.2 Å². The van der Waals surface area contributed by atoms with Crippen LogP contribution in [0.5, 0.6) is 0 Å². The minimum Gasteiger partial charge on any atom is -0.478 e. The number of aliphatic carboxylic acids is 1. The van der Waals surface area contributed by atoms with Gasteiger partial charge in [-0.15, -0.1) is 0 Å². The van der Waals surface area contributed by atoms with Crippen LogP contribution in [0.4, 0.5) is 0 Å². The van der Waals surface area contributed by atoms with Crippen LogP contribution in [0.25, 0.3) is 0 Å². The fourth-order valence-electron chi connectivity index (χ4n) is 1.28. The molecule has 0 aromatic rings. The second kappa shape index (κ2) is 6.58. The normalized spacial score (nSPS) is 16.1. The number of carboxylic acid groups (broad SMARTS) is 1. The number of aliphatic hydroxyl groups is 1. The summed E-state index contributed by atoms with van der Waals surface area (Å²) in [7, 11) is 0. The Kier molecular flexibility index (Phi) is 6.20. The largest absolute Gasteiger partial charge is 0.478 e. The van der Waals surface area contributed by atoms with Gasteiger partial charge in [-0.2, -0.15) is 0 Å². The maximum Gasteiger partial charge on any atom is 0.330 e. The highest BCUT2D eigenvalue weighted by Gasteiger charge is 2.17. The predicted molar refractivity (Wildman–Crippen MR) is 59.8 cm³/mol. The molecular formula is C11H21NO3. The number of carboxylic acids is 1. The van der Waals surface area contributed by atoms with Gasteiger partial charge in [0.15, 0.2) is 0 Å². The molecule has 0 heterocycles. The van der Waals surface area contributed by atoms with Gasteiger partial charge in [0.25, 0.3) is 0 Å². The zero-order valence-electron chi connectivity index (χ0n) is 9.71. The van der Waals surface area contributed by atoms with Gasteiger partial charge in [-0.25, -0.2) is 4.79 Å². The fraction of sp³-hybridized carbons (Fsp3) is 0.727. The van der Waals surface area contributed by atoms with Crippen LogP contribution < -0.4 is 5.32 Å². The van der Waals surface area contributed by atoms with E-state index in [2.05, 4.69) is 5.32 Å². The molecule has 4 heteroatoms. The third kappa shape index (κ3) is 7.11. The Bertz CT molecular complexity index is 234. The SMILES string of the molecule is CCCC(C)(O)CNC/C=C(/C)C(=O)O. The summed E-state index contributed by atoms with van der Waals surface area (Å²) in [5.74, 6) is -0.905. The fourth-order valence-corrected chi connectivity index (χ4v) is 1.28. The van der Waals surface area contributed by atoms with Crippen molar-refractivity contribution in [2.24, 2.45) is 0 Å². The number of carbonyl (C=O) groups is 1. The molecule has 4 nitrogen and oxygen atoms in total. The van der Waals surface area contributed by atoms with Gasteiger partial charge in [0.05, 0.1) is 5.60 Å². The number of hydrogen-bond donors (Lipinski definition) is 3. The standard InChI is InChI=1S/C11H21NO3/c1-4-6-11(3,15)8-12-7-5-9(2)10(13)14/h5,12,15H,4,6-8H2,1-3H3,(H,13,14)/b9-5-. The van der Waals surface area contributed by atoms with Crippen LogP contribution in [0.1, 0.15) is 33.6 Å². The number of rotatable bonds is 7. The van der Waals surface area contributed by atoms with Gasteiger partial charge in [0.1, 0.15) is 0 Å². The van der Waals surface area contributed by atoms with E-state index in [1.807, 2.05) is 6.92 Å². The van der Waals surface area contributed by atoms with Crippen LogP contribution in [0.3, 0.4) is 0 Å². The minimum absolute atomic E-state index is 0.317. The summed E-state index contributed by atoms with van der Waals surface area (Å²) in [5, 5.41) is 21.4. The Morgan fingerprint density at radius 3 is 2.60 bits per heavy atom. The molecule has 0 spiro atoms. The summed E-state index contributed by atoms with van der Waals surface area (Å²) in [6, 6.07) is 0. The first-order valence-corrected chi connectivity index (χ1v) is 5.22. The molecule has 0 bridgehead atoms. The summed E-state index contributed by atoms with van der Waals surface area (Å²) < 4.78 is 0. The van der Waals surface area contributed by atoms with Crippen molar-refractivity contribution in [3.05, 3.63) is 11.6 Å². The molecule has 0 aliphatic heterocycles. The van der Waals surface area contributed by atoms with E-state index in [1.165, 1.54) is 0 Å². The molecule has 0 aliphatic carbocycles. The van der Waals surface area contributed by atoms with Crippen molar-refractivity contribution in [3.8, 4) is 0 Å². The van der Waals surface area contributed by atoms with Crippen molar-refractivity contribution in [2.75, 3.05) is 13.1 Å². The van der Waals surface area contributed by atoms with Crippen LogP contribution in [-0.2, 0) is 4.79 Å². The van der Waals surface area contributed by atoms with Crippen molar-refractivity contribution in [1.82, 2.24) is 5.32 Å². The lowest BCUT2D eigenvalue weighted by Gasteiger charge is -2.22. The zero-order chi connectivity index (χ0) is 11.9. The molecule has 15 heavy (non-hydrogen) atoms. The first-order valence-electron chi connectivity index (χ1n) is 5.22. The van der Waals surface area contributed by atoms with Crippen molar-refractivity contribution < 1.29 is 15.0 Å². The van der Waals surface area contributed by atoms with Crippen LogP contribution in [0.15, 0.2) is 11.6 Å². The Hall–Kier alpha value is -0.870. The summed E-state index contributed by atoms with van der Waals surface area (Å²) in [5.41, 5.74) is -0.391. The van der Waals surface area contributed by atoms with Crippen molar-refractivity contribution in [1.29, 1.82) is 0 Å². The summed E-state index contributed by atoms with van der Waals surface area (Å²) >= 11 is 0. The van der Waals surface area contributed by atoms with E-state index in [0.717, 1.165) is 12.8 Å². The molecule has 1 unspecified atom stereocenters. The molecule has 0 fully saturated rings. The lowest BCUT2D eigenvalue weighted by atomic mass is 10.0. The second-order valence-corrected chi connectivity index (χ2v) is 4.07. The predicted octanol–water partition coefficient (Wildman–Crippen LogP) is 1.16. The molecule has 88 valence electrons. The monoisotopic (exact) mass is 215 g/mol. The van der Waals surface area contributed by atoms with E-state index < -0.39 is 11.6 Å². The van der Waals surface area contributed by atoms with Gasteiger partial charge in [-0.05, 0) is 20.3 Å². The van der Waals surface area contributed by atoms with Gasteiger partial charge >= 0.3 is 5.97 Å². The van der Waals surface area contributed by atoms with Gasteiger partial charge in [0, 0.05) is 18.7 Å². The van der Waals surface area contributed by atoms with Gasteiger partial charge in [-0.1, -0.05) is 19.4 Å². The first kappa shape index (κ1) is 14.1. The highest BCUT2D eigenvalue weighted by molar-refractivity contribution is 5.85. The van der Waals surface area contributed by atoms with Gasteiger partial charge in [0.2, 0.25) is 0 Å². The number of hydrogen-bond acceptors (Lipinski definition) is 3. The summed E-state index contributed by atoms with van der Waals surface area (Å²) in [6.07, 6.45) is 3.27. The molecule has 0 radical (unpaired) electrons. The average Bonchev–Trinajstić information content (AvgIpc) is 2.11. The molecular weight excluding hydrogens is 194 g/mol. The third-order valence-corrected chi connectivity index (χ3v) is 2.18. The van der Waals surface area contributed by atoms with Crippen LogP contribution in [-0.4, -0.2) is 34.9 Å². The molecule has 0 aromatic carbocycles. The minimum atomic E-state index is -0.905. The topological polar surface area (TPSA) is 69.6 Å². The maximum atomic E-state index is 10.4. The Balaban J connectivity index is 3.80. The summed E-state index contributed by atoms with van der Waals surface area (Å²) in [6.45, 7) is 6.29. The molecule has 1 atom stereocenters. The van der Waals surface area contributed by atoms with E-state index in [0.29, 0.717) is 18.7 Å². The molecule has 0 aliphatic rings. The van der Waals surface area contributed by atoms with E-state index in [-0.39, 0.29) is 0 Å². The maximum absolute atomic E-state index is 10.4. The van der Waals surface area contributed by atoms with Gasteiger partial charge in [-0.3, -0.25) is 0 Å². The molecule has 0 aromatic heterocycles. The van der Waals surface area contributed by atoms with E-state index in [9.17, 15) is 9.90 Å². The molecule has 0 rings (SSSR count). The van der Waals surface area contributed by atoms with E-state index in [1.54, 1.807) is 19.9 Å². The van der Waals surface area contributed by atoms with Crippen molar-refractivity contribution in [3.63, 3.8) is 0 Å².